The second-order valence-corrected chi connectivity index (χ2v) is 4.20. The molecule has 4 nitrogen and oxygen atoms in total. The van der Waals surface area contributed by atoms with Gasteiger partial charge in [0.1, 0.15) is 0 Å². The Labute approximate surface area is 96.0 Å². The Morgan fingerprint density at radius 1 is 1.50 bits per heavy atom. The van der Waals surface area contributed by atoms with E-state index >= 15 is 0 Å². The second kappa shape index (κ2) is 5.82. The number of hydrogen-bond acceptors (Lipinski definition) is 3. The molecule has 1 aliphatic rings. The topological polar surface area (TPSA) is 50.1 Å². The molecule has 1 aliphatic carbocycles. The van der Waals surface area contributed by atoms with Gasteiger partial charge in [-0.2, -0.15) is 5.10 Å². The molecule has 0 saturated heterocycles. The number of nitrogens with zero attached hydrogens (tertiary/aromatic N) is 2. The van der Waals surface area contributed by atoms with Gasteiger partial charge >= 0.3 is 0 Å². The van der Waals surface area contributed by atoms with Crippen molar-refractivity contribution in [1.82, 2.24) is 15.1 Å². The number of aromatic nitrogens is 2. The monoisotopic (exact) mass is 221 g/mol. The Morgan fingerprint density at radius 2 is 2.44 bits per heavy atom. The summed E-state index contributed by atoms with van der Waals surface area (Å²) >= 11 is 0. The summed E-state index contributed by atoms with van der Waals surface area (Å²) in [4.78, 5) is 0. The third-order valence-electron chi connectivity index (χ3n) is 2.88. The number of aliphatic hydroxyl groups excluding tert-OH is 1. The third-order valence-corrected chi connectivity index (χ3v) is 2.88. The lowest BCUT2D eigenvalue weighted by Gasteiger charge is -2.18. The number of rotatable bonds is 5. The molecule has 4 heteroatoms. The number of aliphatic hydroxyl groups is 1. The summed E-state index contributed by atoms with van der Waals surface area (Å²) in [6.07, 6.45) is 11.9. The fraction of sp³-hybridized carbons (Fsp3) is 0.583. The van der Waals surface area contributed by atoms with Crippen LogP contribution in [0.15, 0.2) is 24.5 Å². The van der Waals surface area contributed by atoms with Gasteiger partial charge in [-0.25, -0.2) is 0 Å². The van der Waals surface area contributed by atoms with Crippen LogP contribution in [0, 0.1) is 0 Å². The highest BCUT2D eigenvalue weighted by Gasteiger charge is 2.09. The zero-order valence-corrected chi connectivity index (χ0v) is 9.47. The van der Waals surface area contributed by atoms with Crippen LogP contribution in [0.4, 0.5) is 0 Å². The molecular weight excluding hydrogens is 202 g/mol. The summed E-state index contributed by atoms with van der Waals surface area (Å²) in [5.41, 5.74) is 1.18. The van der Waals surface area contributed by atoms with Crippen LogP contribution in [0.5, 0.6) is 0 Å². The lowest BCUT2D eigenvalue weighted by Crippen LogP contribution is -2.28. The van der Waals surface area contributed by atoms with Gasteiger partial charge in [0.15, 0.2) is 0 Å². The first-order chi connectivity index (χ1) is 7.88. The molecule has 1 heterocycles. The van der Waals surface area contributed by atoms with E-state index in [2.05, 4.69) is 22.6 Å². The molecule has 1 unspecified atom stereocenters. The first kappa shape index (κ1) is 11.4. The fourth-order valence-corrected chi connectivity index (χ4v) is 1.96. The minimum atomic E-state index is 0.141. The maximum Gasteiger partial charge on any atom is 0.0640 e. The van der Waals surface area contributed by atoms with E-state index < -0.39 is 0 Å². The van der Waals surface area contributed by atoms with Crippen molar-refractivity contribution < 1.29 is 5.11 Å². The Kier molecular flexibility index (Phi) is 4.13. The highest BCUT2D eigenvalue weighted by atomic mass is 16.3. The lowest BCUT2D eigenvalue weighted by atomic mass is 10.0. The fourth-order valence-electron chi connectivity index (χ4n) is 1.96. The number of allylic oxidation sites excluding steroid dienone is 1. The van der Waals surface area contributed by atoms with Crippen LogP contribution < -0.4 is 5.32 Å². The largest absolute Gasteiger partial charge is 0.394 e. The van der Waals surface area contributed by atoms with Crippen molar-refractivity contribution in [3.63, 3.8) is 0 Å². The van der Waals surface area contributed by atoms with E-state index in [0.717, 1.165) is 13.0 Å². The summed E-state index contributed by atoms with van der Waals surface area (Å²) in [7, 11) is 0. The van der Waals surface area contributed by atoms with E-state index in [1.54, 1.807) is 4.68 Å². The van der Waals surface area contributed by atoms with Crippen LogP contribution in [0.2, 0.25) is 0 Å². The molecule has 0 amide bonds. The highest BCUT2D eigenvalue weighted by molar-refractivity contribution is 5.04. The minimum absolute atomic E-state index is 0.141. The molecule has 2 N–H and O–H groups in total. The minimum Gasteiger partial charge on any atom is -0.394 e. The normalized spacial score (nSPS) is 20.2. The maximum atomic E-state index is 8.78. The van der Waals surface area contributed by atoms with Gasteiger partial charge in [0, 0.05) is 24.3 Å². The van der Waals surface area contributed by atoms with Gasteiger partial charge in [-0.15, -0.1) is 0 Å². The van der Waals surface area contributed by atoms with E-state index in [1.807, 2.05) is 12.4 Å². The molecule has 0 bridgehead atoms. The summed E-state index contributed by atoms with van der Waals surface area (Å²) in [6.45, 7) is 1.58. The molecule has 88 valence electrons. The van der Waals surface area contributed by atoms with Crippen LogP contribution in [0.25, 0.3) is 0 Å². The second-order valence-electron chi connectivity index (χ2n) is 4.20. The molecule has 2 rings (SSSR count). The quantitative estimate of drug-likeness (QED) is 0.731. The van der Waals surface area contributed by atoms with Gasteiger partial charge in [0.05, 0.1) is 19.3 Å². The standard InChI is InChI=1S/C12H19N3O/c16-7-6-15-10-11(9-14-15)8-13-12-4-2-1-3-5-12/h1-2,9-10,12-13,16H,3-8H2. The van der Waals surface area contributed by atoms with E-state index in [4.69, 9.17) is 5.11 Å². The molecule has 0 spiro atoms. The maximum absolute atomic E-state index is 8.78. The molecule has 1 aromatic heterocycles. The van der Waals surface area contributed by atoms with Crippen LogP contribution in [-0.4, -0.2) is 27.5 Å². The Bertz CT molecular complexity index is 346. The van der Waals surface area contributed by atoms with Crippen LogP contribution in [0.3, 0.4) is 0 Å². The van der Waals surface area contributed by atoms with Gasteiger partial charge in [-0.05, 0) is 19.3 Å². The highest BCUT2D eigenvalue weighted by Crippen LogP contribution is 2.11. The van der Waals surface area contributed by atoms with E-state index in [1.165, 1.54) is 18.4 Å². The van der Waals surface area contributed by atoms with Crippen molar-refractivity contribution in [2.45, 2.75) is 38.4 Å². The Hall–Kier alpha value is -1.13. The van der Waals surface area contributed by atoms with Crippen molar-refractivity contribution in [3.8, 4) is 0 Å². The molecular formula is C12H19N3O. The van der Waals surface area contributed by atoms with Gasteiger partial charge in [0.25, 0.3) is 0 Å². The van der Waals surface area contributed by atoms with Gasteiger partial charge in [0.2, 0.25) is 0 Å². The molecule has 0 fully saturated rings. The third kappa shape index (κ3) is 3.18. The van der Waals surface area contributed by atoms with Crippen LogP contribution in [-0.2, 0) is 13.1 Å². The Balaban J connectivity index is 1.77. The SMILES string of the molecule is OCCn1cc(CNC2CC=CCC2)cn1. The summed E-state index contributed by atoms with van der Waals surface area (Å²) in [5.74, 6) is 0. The lowest BCUT2D eigenvalue weighted by molar-refractivity contribution is 0.269. The first-order valence-electron chi connectivity index (χ1n) is 5.89. The summed E-state index contributed by atoms with van der Waals surface area (Å²) in [6, 6.07) is 0.603. The molecule has 0 saturated carbocycles. The zero-order chi connectivity index (χ0) is 11.2. The summed E-state index contributed by atoms with van der Waals surface area (Å²) < 4.78 is 1.78. The van der Waals surface area contributed by atoms with E-state index in [9.17, 15) is 0 Å². The van der Waals surface area contributed by atoms with Crippen molar-refractivity contribution in [1.29, 1.82) is 0 Å². The average molecular weight is 221 g/mol. The van der Waals surface area contributed by atoms with E-state index in [-0.39, 0.29) is 6.61 Å². The molecule has 0 radical (unpaired) electrons. The average Bonchev–Trinajstić information content (AvgIpc) is 2.76. The zero-order valence-electron chi connectivity index (χ0n) is 9.47. The predicted molar refractivity (Wildman–Crippen MR) is 62.9 cm³/mol. The van der Waals surface area contributed by atoms with Gasteiger partial charge in [-0.1, -0.05) is 12.2 Å². The van der Waals surface area contributed by atoms with Crippen LogP contribution >= 0.6 is 0 Å². The van der Waals surface area contributed by atoms with Crippen molar-refractivity contribution in [2.24, 2.45) is 0 Å². The van der Waals surface area contributed by atoms with Crippen molar-refractivity contribution >= 4 is 0 Å². The smallest absolute Gasteiger partial charge is 0.0640 e. The predicted octanol–water partition coefficient (Wildman–Crippen LogP) is 1.07. The van der Waals surface area contributed by atoms with Crippen molar-refractivity contribution in [2.75, 3.05) is 6.61 Å². The molecule has 16 heavy (non-hydrogen) atoms. The first-order valence-corrected chi connectivity index (χ1v) is 5.89. The van der Waals surface area contributed by atoms with Crippen LogP contribution in [0.1, 0.15) is 24.8 Å². The molecule has 0 aromatic carbocycles. The number of nitrogens with one attached hydrogen (secondary N) is 1. The van der Waals surface area contributed by atoms with Gasteiger partial charge in [-0.3, -0.25) is 4.68 Å². The summed E-state index contributed by atoms with van der Waals surface area (Å²) in [5, 5.41) is 16.5. The Morgan fingerprint density at radius 3 is 3.19 bits per heavy atom. The number of hydrogen-bond donors (Lipinski definition) is 2. The van der Waals surface area contributed by atoms with E-state index in [0.29, 0.717) is 12.6 Å². The molecule has 0 aliphatic heterocycles. The molecule has 1 aromatic rings. The van der Waals surface area contributed by atoms with Gasteiger partial charge < -0.3 is 10.4 Å². The molecule has 1 atom stereocenters. The van der Waals surface area contributed by atoms with Crippen molar-refractivity contribution in [3.05, 3.63) is 30.1 Å².